The number of aromatic nitrogens is 1. The zero-order chi connectivity index (χ0) is 23.0. The molecule has 2 aliphatic heterocycles. The van der Waals surface area contributed by atoms with Gasteiger partial charge in [0.05, 0.1) is 32.0 Å². The maximum Gasteiger partial charge on any atom is 0.348 e. The molecule has 0 saturated heterocycles. The molecule has 0 fully saturated rings. The van der Waals surface area contributed by atoms with E-state index in [0.29, 0.717) is 29.4 Å². The number of hydrogen-bond donors (Lipinski definition) is 1. The number of amidine groups is 1. The molecule has 2 N–H and O–H groups in total. The number of ether oxygens (including phenoxy) is 3. The van der Waals surface area contributed by atoms with Gasteiger partial charge in [0, 0.05) is 12.3 Å². The fraction of sp³-hybridized carbons (Fsp3) is 0.417. The molecule has 0 saturated carbocycles. The number of amides is 1. The van der Waals surface area contributed by atoms with Crippen molar-refractivity contribution in [3.8, 4) is 0 Å². The first-order valence-corrected chi connectivity index (χ1v) is 9.18. The zero-order valence-corrected chi connectivity index (χ0v) is 19.3. The lowest BCUT2D eigenvalue weighted by atomic mass is 10.2. The summed E-state index contributed by atoms with van der Waals surface area (Å²) in [5.41, 5.74) is 6.42. The summed E-state index contributed by atoms with van der Waals surface area (Å²) in [7, 11) is 2.60. The number of rotatable bonds is 5. The van der Waals surface area contributed by atoms with Crippen LogP contribution in [0.1, 0.15) is 47.0 Å². The van der Waals surface area contributed by atoms with E-state index in [4.69, 9.17) is 10.5 Å². The van der Waals surface area contributed by atoms with Crippen LogP contribution in [0, 0.1) is 0 Å². The molecule has 0 aliphatic carbocycles. The first kappa shape index (κ1) is 39.7. The van der Waals surface area contributed by atoms with E-state index in [0.717, 1.165) is 0 Å². The Morgan fingerprint density at radius 3 is 2.22 bits per heavy atom. The number of aliphatic imine (C=N–C) groups is 1. The van der Waals surface area contributed by atoms with Crippen molar-refractivity contribution in [1.82, 2.24) is 4.90 Å². The minimum atomic E-state index is -0.484. The number of esters is 3. The highest BCUT2D eigenvalue weighted by Crippen LogP contribution is 2.15. The van der Waals surface area contributed by atoms with Crippen molar-refractivity contribution in [2.24, 2.45) is 4.99 Å². The third kappa shape index (κ3) is 10.8. The third-order valence-electron chi connectivity index (χ3n) is 4.05. The van der Waals surface area contributed by atoms with Crippen LogP contribution in [-0.4, -0.2) is 61.9 Å². The number of fused-ring (bicyclic) bond motifs is 1. The molecule has 3 rings (SSSR count). The van der Waals surface area contributed by atoms with Crippen LogP contribution in [0.4, 0.5) is 5.82 Å². The Hall–Kier alpha value is -3.54. The molecule has 36 heavy (non-hydrogen) atoms. The predicted molar refractivity (Wildman–Crippen MR) is 134 cm³/mol. The van der Waals surface area contributed by atoms with Crippen molar-refractivity contribution in [3.63, 3.8) is 0 Å². The maximum atomic E-state index is 11.3. The summed E-state index contributed by atoms with van der Waals surface area (Å²) < 4.78 is 15.4. The Bertz CT molecular complexity index is 991. The molecule has 1 amide bonds. The number of nitrogens with zero attached hydrogens (tertiary/aromatic N) is 3. The van der Waals surface area contributed by atoms with E-state index in [-0.39, 0.29) is 65.7 Å². The number of carbonyl (C=O) groups is 4. The topological polar surface area (TPSA) is 141 Å². The predicted octanol–water partition coefficient (Wildman–Crippen LogP) is -0.692. The molecule has 0 radical (unpaired) electrons. The van der Waals surface area contributed by atoms with Crippen molar-refractivity contribution >= 4 is 35.5 Å². The van der Waals surface area contributed by atoms with Crippen LogP contribution in [0.3, 0.4) is 0 Å². The highest BCUT2D eigenvalue weighted by Gasteiger charge is 2.24. The number of carbonyl (C=O) groups excluding carboxylic acids is 4. The van der Waals surface area contributed by atoms with Crippen LogP contribution in [-0.2, 0) is 35.1 Å². The minimum absolute atomic E-state index is 0. The molecule has 0 atom stereocenters. The Balaban J connectivity index is -0.000000252. The second-order valence-electron chi connectivity index (χ2n) is 6.17. The Morgan fingerprint density at radius 2 is 1.67 bits per heavy atom. The number of nitrogens with two attached hydrogens (primary N) is 1. The Morgan fingerprint density at radius 1 is 1.06 bits per heavy atom. The van der Waals surface area contributed by atoms with E-state index in [9.17, 15) is 19.2 Å². The molecule has 0 unspecified atom stereocenters. The molecule has 0 spiro atoms. The molecule has 1 aromatic rings. The fourth-order valence-electron chi connectivity index (χ4n) is 2.59. The van der Waals surface area contributed by atoms with Gasteiger partial charge in [-0.15, -0.1) is 0 Å². The van der Waals surface area contributed by atoms with E-state index in [1.165, 1.54) is 37.1 Å². The van der Waals surface area contributed by atoms with Crippen LogP contribution in [0.5, 0.6) is 0 Å². The monoisotopic (exact) mass is 574 g/mol. The van der Waals surface area contributed by atoms with Crippen LogP contribution < -0.4 is 27.3 Å². The molecule has 11 nitrogen and oxygen atoms in total. The van der Waals surface area contributed by atoms with Gasteiger partial charge in [-0.3, -0.25) is 10.5 Å². The standard InChI is InChI=1S/C11H14N2O4.C9H8N2O3.4CH4.BrH/c1-3-17-10(14)7-13-6-8(11(15)16-2)4-5-9(13)12;1-14-9(13)6-2-3-7-10-8(12)5-11(7)4-6;;;;;/h4-6,12H,3,7H2,1-2H3;2-4H,5H2,1H3;4*1H4;1H. The first-order valence-electron chi connectivity index (χ1n) is 9.18. The van der Waals surface area contributed by atoms with Crippen LogP contribution in [0.2, 0.25) is 0 Å². The first-order chi connectivity index (χ1) is 14.8. The molecule has 12 heteroatoms. The van der Waals surface area contributed by atoms with E-state index in [2.05, 4.69) is 14.5 Å². The normalized spacial score (nSPS) is 12.0. The minimum Gasteiger partial charge on any atom is -1.00 e. The average molecular weight is 576 g/mol. The van der Waals surface area contributed by atoms with Gasteiger partial charge >= 0.3 is 17.9 Å². The summed E-state index contributed by atoms with van der Waals surface area (Å²) >= 11 is 0. The van der Waals surface area contributed by atoms with Gasteiger partial charge in [0.2, 0.25) is 0 Å². The molecule has 204 valence electrons. The van der Waals surface area contributed by atoms with Gasteiger partial charge in [-0.1, -0.05) is 29.7 Å². The zero-order valence-electron chi connectivity index (χ0n) is 17.7. The van der Waals surface area contributed by atoms with Crippen molar-refractivity contribution in [2.75, 3.05) is 33.1 Å². The van der Waals surface area contributed by atoms with Gasteiger partial charge in [0.15, 0.2) is 6.54 Å². The van der Waals surface area contributed by atoms with Gasteiger partial charge in [0.25, 0.3) is 11.7 Å². The smallest absolute Gasteiger partial charge is 0.348 e. The summed E-state index contributed by atoms with van der Waals surface area (Å²) in [5, 5.41) is 0. The molecular weight excluding hydrogens is 536 g/mol. The van der Waals surface area contributed by atoms with Crippen molar-refractivity contribution in [2.45, 2.75) is 43.2 Å². The largest absolute Gasteiger partial charge is 1.00 e. The van der Waals surface area contributed by atoms with Gasteiger partial charge < -0.3 is 36.1 Å². The van der Waals surface area contributed by atoms with Crippen molar-refractivity contribution < 1.29 is 54.9 Å². The number of anilines is 1. The maximum absolute atomic E-state index is 11.3. The highest BCUT2D eigenvalue weighted by atomic mass is 79.9. The second-order valence-corrected chi connectivity index (χ2v) is 6.17. The third-order valence-corrected chi connectivity index (χ3v) is 4.05. The van der Waals surface area contributed by atoms with Crippen LogP contribution >= 0.6 is 0 Å². The van der Waals surface area contributed by atoms with E-state index in [1.807, 2.05) is 0 Å². The summed E-state index contributed by atoms with van der Waals surface area (Å²) in [6.07, 6.45) is 6.23. The molecular formula is C24H39BrN4O7. The second kappa shape index (κ2) is 18.7. The Kier molecular flexibility index (Phi) is 20.7. The number of halogens is 1. The quantitative estimate of drug-likeness (QED) is 0.274. The van der Waals surface area contributed by atoms with Crippen LogP contribution in [0.15, 0.2) is 47.2 Å². The lowest BCUT2D eigenvalue weighted by Crippen LogP contribution is -3.00. The number of nitrogen functional groups attached to an aromatic ring is 1. The molecule has 0 bridgehead atoms. The lowest BCUT2D eigenvalue weighted by Gasteiger charge is -2.16. The van der Waals surface area contributed by atoms with Crippen molar-refractivity contribution in [3.05, 3.63) is 47.8 Å². The summed E-state index contributed by atoms with van der Waals surface area (Å²) in [6, 6.07) is 3.06. The van der Waals surface area contributed by atoms with E-state index < -0.39 is 17.9 Å². The highest BCUT2D eigenvalue weighted by molar-refractivity contribution is 6.10. The lowest BCUT2D eigenvalue weighted by molar-refractivity contribution is -0.671. The number of methoxy groups -OCH3 is 2. The van der Waals surface area contributed by atoms with Crippen LogP contribution in [0.25, 0.3) is 0 Å². The number of pyridine rings is 1. The summed E-state index contributed by atoms with van der Waals surface area (Å²) in [5.74, 6) is -0.575. The molecule has 1 aromatic heterocycles. The fourth-order valence-corrected chi connectivity index (χ4v) is 2.59. The summed E-state index contributed by atoms with van der Waals surface area (Å²) in [6.45, 7) is 2.18. The van der Waals surface area contributed by atoms with Crippen molar-refractivity contribution in [1.29, 1.82) is 0 Å². The van der Waals surface area contributed by atoms with Gasteiger partial charge in [-0.05, 0) is 25.1 Å². The van der Waals surface area contributed by atoms with Gasteiger partial charge in [0.1, 0.15) is 18.6 Å². The van der Waals surface area contributed by atoms with Gasteiger partial charge in [-0.2, -0.15) is 4.99 Å². The summed E-state index contributed by atoms with van der Waals surface area (Å²) in [4.78, 5) is 50.1. The number of hydrogen-bond acceptors (Lipinski definition) is 9. The van der Waals surface area contributed by atoms with E-state index >= 15 is 0 Å². The SMILES string of the molecule is C.C.C.C.CCOC(=O)C[n+]1cc(C(=O)OC)ccc1N.COC(=O)C1=CN2CC(=O)N=C2C=C1.[Br-]. The molecule has 2 aliphatic rings. The Labute approximate surface area is 224 Å². The molecule has 0 aromatic carbocycles. The van der Waals surface area contributed by atoms with E-state index in [1.54, 1.807) is 30.2 Å². The average Bonchev–Trinajstić information content (AvgIpc) is 3.14. The van der Waals surface area contributed by atoms with Gasteiger partial charge in [-0.25, -0.2) is 19.0 Å². The molecule has 3 heterocycles.